The second kappa shape index (κ2) is 29.4. The van der Waals surface area contributed by atoms with Gasteiger partial charge in [0.2, 0.25) is 0 Å². The van der Waals surface area contributed by atoms with E-state index in [0.717, 1.165) is 55.7 Å². The van der Waals surface area contributed by atoms with Crippen molar-refractivity contribution in [3.05, 3.63) is 361 Å². The monoisotopic (exact) mass is 1700 g/mol. The lowest BCUT2D eigenvalue weighted by molar-refractivity contribution is 0.437. The molecule has 6 nitrogen and oxygen atoms in total. The number of furan rings is 3. The molecule has 15 aromatic rings. The van der Waals surface area contributed by atoms with Crippen LogP contribution in [-0.4, -0.2) is 0 Å². The van der Waals surface area contributed by atoms with Crippen LogP contribution in [0.5, 0.6) is 17.2 Å². The zero-order valence-electron chi connectivity index (χ0n) is 83.3. The zero-order valence-corrected chi connectivity index (χ0v) is 83.3. The highest BCUT2D eigenvalue weighted by Crippen LogP contribution is 2.67. The maximum Gasteiger partial charge on any atom is 0.176 e. The number of hydrogen-bond acceptors (Lipinski definition) is 6. The molecule has 6 heterocycles. The van der Waals surface area contributed by atoms with E-state index in [0.29, 0.717) is 0 Å². The largest absolute Gasteiger partial charge is 0.465 e. The molecule has 3 aliphatic heterocycles. The summed E-state index contributed by atoms with van der Waals surface area (Å²) in [6.45, 7) is 83.7. The van der Waals surface area contributed by atoms with Crippen molar-refractivity contribution in [3.63, 3.8) is 0 Å². The summed E-state index contributed by atoms with van der Waals surface area (Å²) >= 11 is 0. The van der Waals surface area contributed by atoms with E-state index >= 15 is 0 Å². The van der Waals surface area contributed by atoms with E-state index in [1.165, 1.54) is 312 Å². The van der Waals surface area contributed by atoms with Crippen LogP contribution in [0.1, 0.15) is 250 Å². The van der Waals surface area contributed by atoms with Gasteiger partial charge in [-0.15, -0.1) is 0 Å². The van der Waals surface area contributed by atoms with Crippen LogP contribution in [-0.2, 0) is 16.2 Å². The molecule has 6 aliphatic rings. The summed E-state index contributed by atoms with van der Waals surface area (Å²) in [6, 6.07) is 19.5. The van der Waals surface area contributed by atoms with Crippen LogP contribution in [0.2, 0.25) is 0 Å². The predicted molar refractivity (Wildman–Crippen MR) is 540 cm³/mol. The Hall–Kier alpha value is -12.1. The Morgan fingerprint density at radius 3 is 0.767 bits per heavy atom. The number of rotatable bonds is 0. The molecule has 3 aliphatic carbocycles. The second-order valence-electron chi connectivity index (χ2n) is 39.8. The van der Waals surface area contributed by atoms with Crippen LogP contribution in [0.15, 0.2) is 124 Å². The van der Waals surface area contributed by atoms with Crippen LogP contribution in [0.4, 0.5) is 0 Å². The van der Waals surface area contributed by atoms with Crippen molar-refractivity contribution < 1.29 is 27.5 Å². The summed E-state index contributed by atoms with van der Waals surface area (Å²) in [6.07, 6.45) is 18.2. The topological polar surface area (TPSA) is 67.1 Å². The molecule has 129 heavy (non-hydrogen) atoms. The second-order valence-corrected chi connectivity index (χ2v) is 39.8. The fraction of sp³-hybridized carbons (Fsp3) is 0.317. The van der Waals surface area contributed by atoms with Gasteiger partial charge in [0.1, 0.15) is 22.7 Å². The number of fused-ring (bicyclic) bond motifs is 32. The van der Waals surface area contributed by atoms with Gasteiger partial charge in [0.25, 0.3) is 0 Å². The van der Waals surface area contributed by atoms with E-state index < -0.39 is 16.2 Å². The van der Waals surface area contributed by atoms with Crippen molar-refractivity contribution in [2.24, 2.45) is 0 Å². The van der Waals surface area contributed by atoms with Crippen molar-refractivity contribution in [3.8, 4) is 84.0 Å². The SMILES string of the molecule is Cc1c(C)c(C)c2c(c1C)-c1c(C)c(C)c(C)c(C)c1C1(C=COc3c1ccc1ccoc31)c1c(C)c(C)c(C)c(C)c1-2.Cc1c(C)c(C)c2c(c1C)-c1c(C)c(C)c(C)c(C)c1C1(C=COc3c1ccc1occc31)c1c(C)c(C)c(C)c(C)c1-2.Cc1c(C)c(C)c2c(c1C)-c1c(C)c(C)c(C)c(C)c1C1(C=COc3cc4occc4cc31)c1c(C)c(C)c(C)c(C)c1-2. The summed E-state index contributed by atoms with van der Waals surface area (Å²) in [5, 5.41) is 3.17. The van der Waals surface area contributed by atoms with Gasteiger partial charge in [0, 0.05) is 33.5 Å². The Kier molecular flexibility index (Phi) is 19.7. The summed E-state index contributed by atoms with van der Waals surface area (Å²) in [5.41, 5.74) is 78.5. The smallest absolute Gasteiger partial charge is 0.176 e. The molecule has 0 saturated carbocycles. The van der Waals surface area contributed by atoms with Crippen LogP contribution < -0.4 is 14.2 Å². The van der Waals surface area contributed by atoms with Crippen LogP contribution >= 0.6 is 0 Å². The fourth-order valence-corrected chi connectivity index (χ4v) is 25.4. The van der Waals surface area contributed by atoms with Crippen molar-refractivity contribution >= 4 is 32.9 Å². The molecule has 0 unspecified atom stereocenters. The molecule has 12 aromatic carbocycles. The molecule has 6 heteroatoms. The highest BCUT2D eigenvalue weighted by atomic mass is 16.5. The Morgan fingerprint density at radius 1 is 0.186 bits per heavy atom. The van der Waals surface area contributed by atoms with Gasteiger partial charge in [-0.1, -0.05) is 12.1 Å². The number of hydrogen-bond donors (Lipinski definition) is 0. The summed E-state index contributed by atoms with van der Waals surface area (Å²) < 4.78 is 37.2. The first-order valence-corrected chi connectivity index (χ1v) is 46.6. The molecule has 0 bridgehead atoms. The lowest BCUT2D eigenvalue weighted by Gasteiger charge is -2.41. The highest BCUT2D eigenvalue weighted by Gasteiger charge is 2.54. The van der Waals surface area contributed by atoms with Gasteiger partial charge < -0.3 is 27.5 Å². The molecule has 3 aromatic heterocycles. The Balaban J connectivity index is 0.000000126. The highest BCUT2D eigenvalue weighted by molar-refractivity contribution is 6.06. The minimum absolute atomic E-state index is 0.565. The third-order valence-corrected chi connectivity index (χ3v) is 35.6. The first-order valence-electron chi connectivity index (χ1n) is 46.6. The van der Waals surface area contributed by atoms with Gasteiger partial charge in [0.15, 0.2) is 11.3 Å². The van der Waals surface area contributed by atoms with Gasteiger partial charge in [0.05, 0.1) is 59.2 Å². The average Bonchev–Trinajstić information content (AvgIpc) is 1.58. The molecule has 3 spiro atoms. The maximum absolute atomic E-state index is 6.46. The minimum atomic E-state index is -0.584. The quantitative estimate of drug-likeness (QED) is 0.151. The van der Waals surface area contributed by atoms with Crippen LogP contribution in [0, 0.1) is 249 Å². The fourth-order valence-electron chi connectivity index (χ4n) is 25.4. The molecule has 0 fully saturated rings. The predicted octanol–water partition coefficient (Wildman–Crippen LogP) is 33.1. The van der Waals surface area contributed by atoms with Gasteiger partial charge in [-0.05, 0) is 604 Å². The molecule has 0 saturated heterocycles. The van der Waals surface area contributed by atoms with Crippen LogP contribution in [0.3, 0.4) is 0 Å². The van der Waals surface area contributed by atoms with Crippen molar-refractivity contribution in [1.29, 1.82) is 0 Å². The molecule has 0 radical (unpaired) electrons. The maximum atomic E-state index is 6.46. The zero-order chi connectivity index (χ0) is 92.6. The van der Waals surface area contributed by atoms with E-state index in [9.17, 15) is 0 Å². The van der Waals surface area contributed by atoms with E-state index in [-0.39, 0.29) is 0 Å². The standard InChI is InChI=1S/3C41H42O2/c1-19-20(2)26(8)36-35(25(19)7)37-27(9)21(3)23(5)29(11)39(37)41(40-30(12)24(6)22(4)28(10)38(36)40)14-16-43-34-18-33-31(13-15-42-33)17-32(34)41;1-19-20(2)26(8)35-34(25(19)7)36-27(9)21(3)23(5)29(11)38(36)41(39-30(12)24(6)22(4)28(10)37(35)39)16-18-43-40-31-15-17-42-33(31)14-13-32(40)41;1-19-20(2)26(8)34-33(25(19)7)35-27(9)21(3)23(5)29(11)37(35)41(38-30(12)24(6)22(4)28(10)36(34)38)16-18-43-40-32(41)14-13-31-15-17-42-39(31)40/h3*13-18H,1-12H3. The van der Waals surface area contributed by atoms with Crippen LogP contribution in [0.25, 0.3) is 99.7 Å². The van der Waals surface area contributed by atoms with Crippen molar-refractivity contribution in [2.45, 2.75) is 265 Å². The number of allylic oxidation sites excluding steroid dienone is 3. The third kappa shape index (κ3) is 10.9. The van der Waals surface area contributed by atoms with E-state index in [1.54, 1.807) is 18.8 Å². The van der Waals surface area contributed by atoms with Crippen molar-refractivity contribution in [1.82, 2.24) is 0 Å². The molecule has 21 rings (SSSR count). The molecule has 0 atom stereocenters. The first-order chi connectivity index (χ1) is 61.1. The van der Waals surface area contributed by atoms with E-state index in [1.807, 2.05) is 30.9 Å². The Labute approximate surface area is 765 Å². The van der Waals surface area contributed by atoms with Gasteiger partial charge in [-0.2, -0.15) is 0 Å². The molecular weight excluding hydrogens is 1570 g/mol. The summed E-state index contributed by atoms with van der Waals surface area (Å²) in [7, 11) is 0. The van der Waals surface area contributed by atoms with Gasteiger partial charge in [-0.25, -0.2) is 0 Å². The average molecular weight is 1700 g/mol. The Morgan fingerprint density at radius 2 is 0.434 bits per heavy atom. The number of benzene rings is 12. The Bertz CT molecular complexity index is 6880. The van der Waals surface area contributed by atoms with Gasteiger partial charge in [-0.3, -0.25) is 0 Å². The number of ether oxygens (including phenoxy) is 3. The minimum Gasteiger partial charge on any atom is -0.465 e. The molecule has 654 valence electrons. The third-order valence-electron chi connectivity index (χ3n) is 35.6. The molecule has 0 N–H and O–H groups in total. The molecule has 0 amide bonds. The lowest BCUT2D eigenvalue weighted by Crippen LogP contribution is -2.33. The first kappa shape index (κ1) is 86.3. The van der Waals surface area contributed by atoms with E-state index in [2.05, 4.69) is 310 Å². The lowest BCUT2D eigenvalue weighted by atomic mass is 9.62. The van der Waals surface area contributed by atoms with Crippen molar-refractivity contribution in [2.75, 3.05) is 0 Å². The summed E-state index contributed by atoms with van der Waals surface area (Å²) in [5.74, 6) is 2.57. The molecular formula is C123H126O6. The van der Waals surface area contributed by atoms with E-state index in [4.69, 9.17) is 27.5 Å². The normalized spacial score (nSPS) is 14.3. The van der Waals surface area contributed by atoms with Gasteiger partial charge >= 0.3 is 0 Å². The summed E-state index contributed by atoms with van der Waals surface area (Å²) in [4.78, 5) is 0.